The van der Waals surface area contributed by atoms with Crippen LogP contribution in [-0.4, -0.2) is 20.4 Å². The molecule has 4 N–H and O–H groups in total. The van der Waals surface area contributed by atoms with E-state index in [1.807, 2.05) is 24.3 Å². The summed E-state index contributed by atoms with van der Waals surface area (Å²) in [4.78, 5) is 0. The Morgan fingerprint density at radius 1 is 0.625 bits per heavy atom. The number of halogens is 4. The Kier molecular flexibility index (Phi) is 9.68. The van der Waals surface area contributed by atoms with E-state index in [1.54, 1.807) is 48.5 Å². The number of phenols is 4. The highest BCUT2D eigenvalue weighted by Crippen LogP contribution is 2.49. The van der Waals surface area contributed by atoms with Crippen LogP contribution >= 0.6 is 46.4 Å². The van der Waals surface area contributed by atoms with Crippen molar-refractivity contribution < 1.29 is 20.4 Å². The highest BCUT2D eigenvalue weighted by Gasteiger charge is 2.41. The van der Waals surface area contributed by atoms with Gasteiger partial charge in [0.15, 0.2) is 11.5 Å². The summed E-state index contributed by atoms with van der Waals surface area (Å²) in [7, 11) is 0. The van der Waals surface area contributed by atoms with Crippen molar-refractivity contribution in [1.29, 1.82) is 0 Å². The fraction of sp³-hybridized carbons (Fsp3) is 0.250. The molecule has 0 heterocycles. The van der Waals surface area contributed by atoms with Crippen LogP contribution in [0.1, 0.15) is 54.9 Å². The predicted octanol–water partition coefficient (Wildman–Crippen LogP) is 9.90. The monoisotopic (exact) mass is 618 g/mol. The van der Waals surface area contributed by atoms with E-state index < -0.39 is 0 Å². The summed E-state index contributed by atoms with van der Waals surface area (Å²) in [6, 6.07) is 21.7. The van der Waals surface area contributed by atoms with Crippen LogP contribution in [0.25, 0.3) is 0 Å². The summed E-state index contributed by atoms with van der Waals surface area (Å²) < 4.78 is 0. The molecule has 4 nitrogen and oxygen atoms in total. The normalized spacial score (nSPS) is 16.2. The zero-order chi connectivity index (χ0) is 29.0. The lowest BCUT2D eigenvalue weighted by Gasteiger charge is -2.44. The summed E-state index contributed by atoms with van der Waals surface area (Å²) >= 11 is 23.4. The molecule has 40 heavy (non-hydrogen) atoms. The van der Waals surface area contributed by atoms with E-state index in [0.717, 1.165) is 17.5 Å². The van der Waals surface area contributed by atoms with Gasteiger partial charge >= 0.3 is 0 Å². The summed E-state index contributed by atoms with van der Waals surface area (Å²) in [5.41, 5.74) is 4.10. The van der Waals surface area contributed by atoms with Crippen molar-refractivity contribution >= 4 is 46.4 Å². The molecule has 1 saturated carbocycles. The first-order valence-electron chi connectivity index (χ1n) is 12.9. The second-order valence-electron chi connectivity index (χ2n) is 10.2. The number of aromatic hydroxyl groups is 4. The van der Waals surface area contributed by atoms with Gasteiger partial charge in [0, 0.05) is 5.41 Å². The quantitative estimate of drug-likeness (QED) is 0.183. The maximum absolute atomic E-state index is 9.58. The van der Waals surface area contributed by atoms with Gasteiger partial charge in [-0.1, -0.05) is 90.4 Å². The summed E-state index contributed by atoms with van der Waals surface area (Å²) in [6.45, 7) is 2.32. The van der Waals surface area contributed by atoms with Gasteiger partial charge in [0.25, 0.3) is 0 Å². The van der Waals surface area contributed by atoms with Crippen molar-refractivity contribution in [3.05, 3.63) is 115 Å². The lowest BCUT2D eigenvalue weighted by Crippen LogP contribution is -2.37. The molecule has 1 unspecified atom stereocenters. The third-order valence-electron chi connectivity index (χ3n) is 7.63. The molecule has 0 radical (unpaired) electrons. The van der Waals surface area contributed by atoms with E-state index in [1.165, 1.54) is 30.4 Å². The third kappa shape index (κ3) is 6.58. The highest BCUT2D eigenvalue weighted by molar-refractivity contribution is 6.37. The molecule has 0 aromatic heterocycles. The van der Waals surface area contributed by atoms with Crippen molar-refractivity contribution in [1.82, 2.24) is 0 Å². The number of benzene rings is 4. The molecular weight excluding hydrogens is 590 g/mol. The van der Waals surface area contributed by atoms with E-state index in [-0.39, 0.29) is 37.0 Å². The molecule has 1 aliphatic rings. The second-order valence-corrected chi connectivity index (χ2v) is 11.8. The Morgan fingerprint density at radius 3 is 1.35 bits per heavy atom. The van der Waals surface area contributed by atoms with Crippen LogP contribution < -0.4 is 0 Å². The standard InChI is InChI=1S/C19H22O2.C13H8Cl4O2/c1-14-4-2-3-13-19(14,15-5-9-17(20)10-6-15)16-7-11-18(21)12-8-16;14-8-2-6(3-9(15)12(8)18)1-7-4-10(16)13(19)11(17)5-7/h5-12,14,20-21H,2-4,13H2,1H3;2-5,18-19H,1H2. The van der Waals surface area contributed by atoms with Gasteiger partial charge in [-0.15, -0.1) is 0 Å². The molecular formula is C32H30Cl4O4. The largest absolute Gasteiger partial charge is 0.508 e. The van der Waals surface area contributed by atoms with E-state index in [2.05, 4.69) is 6.92 Å². The van der Waals surface area contributed by atoms with Crippen LogP contribution in [0.5, 0.6) is 23.0 Å². The fourth-order valence-electron chi connectivity index (χ4n) is 5.57. The smallest absolute Gasteiger partial charge is 0.152 e. The van der Waals surface area contributed by atoms with Gasteiger partial charge in [0.2, 0.25) is 0 Å². The lowest BCUT2D eigenvalue weighted by atomic mass is 9.60. The van der Waals surface area contributed by atoms with Crippen LogP contribution in [0, 0.1) is 5.92 Å². The maximum atomic E-state index is 9.58. The molecule has 0 spiro atoms. The van der Waals surface area contributed by atoms with Crippen molar-refractivity contribution in [2.24, 2.45) is 5.92 Å². The molecule has 0 saturated heterocycles. The Balaban J connectivity index is 0.000000186. The lowest BCUT2D eigenvalue weighted by molar-refractivity contribution is 0.244. The molecule has 4 aromatic carbocycles. The number of phenolic OH excluding ortho intramolecular Hbond substituents is 4. The fourth-order valence-corrected chi connectivity index (χ4v) is 6.63. The maximum Gasteiger partial charge on any atom is 0.152 e. The first-order valence-corrected chi connectivity index (χ1v) is 14.4. The Hall–Kier alpha value is -2.76. The zero-order valence-corrected chi connectivity index (χ0v) is 24.9. The van der Waals surface area contributed by atoms with E-state index >= 15 is 0 Å². The molecule has 1 aliphatic carbocycles. The molecule has 1 atom stereocenters. The SMILES string of the molecule is CC1CCCCC1(c1ccc(O)cc1)c1ccc(O)cc1.Oc1c(Cl)cc(Cc2cc(Cl)c(O)c(Cl)c2)cc1Cl. The first-order chi connectivity index (χ1) is 19.0. The molecule has 210 valence electrons. The molecule has 5 rings (SSSR count). The minimum absolute atomic E-state index is 0.0142. The minimum Gasteiger partial charge on any atom is -0.508 e. The van der Waals surface area contributed by atoms with Crippen LogP contribution in [0.3, 0.4) is 0 Å². The van der Waals surface area contributed by atoms with Crippen LogP contribution in [0.4, 0.5) is 0 Å². The first kappa shape index (κ1) is 30.2. The number of hydrogen-bond acceptors (Lipinski definition) is 4. The Labute approximate surface area is 254 Å². The van der Waals surface area contributed by atoms with Gasteiger partial charge in [0.1, 0.15) is 11.5 Å². The third-order valence-corrected chi connectivity index (χ3v) is 8.78. The number of hydrogen-bond donors (Lipinski definition) is 4. The van der Waals surface area contributed by atoms with Crippen LogP contribution in [0.2, 0.25) is 20.1 Å². The molecule has 8 heteroatoms. The van der Waals surface area contributed by atoms with Gasteiger partial charge in [-0.2, -0.15) is 0 Å². The second kappa shape index (κ2) is 12.8. The van der Waals surface area contributed by atoms with Crippen molar-refractivity contribution in [2.45, 2.75) is 44.4 Å². The average Bonchev–Trinajstić information content (AvgIpc) is 2.92. The molecule has 0 aliphatic heterocycles. The Bertz CT molecular complexity index is 1320. The Morgan fingerprint density at radius 2 is 1.00 bits per heavy atom. The predicted molar refractivity (Wildman–Crippen MR) is 164 cm³/mol. The average molecular weight is 620 g/mol. The molecule has 1 fully saturated rings. The van der Waals surface area contributed by atoms with Crippen molar-refractivity contribution in [3.8, 4) is 23.0 Å². The zero-order valence-electron chi connectivity index (χ0n) is 21.8. The van der Waals surface area contributed by atoms with Gasteiger partial charge in [-0.05, 0) is 96.0 Å². The van der Waals surface area contributed by atoms with Gasteiger partial charge in [0.05, 0.1) is 20.1 Å². The van der Waals surface area contributed by atoms with Gasteiger partial charge in [-0.25, -0.2) is 0 Å². The van der Waals surface area contributed by atoms with E-state index in [4.69, 9.17) is 46.4 Å². The highest BCUT2D eigenvalue weighted by atomic mass is 35.5. The topological polar surface area (TPSA) is 80.9 Å². The van der Waals surface area contributed by atoms with Crippen LogP contribution in [0.15, 0.2) is 72.8 Å². The van der Waals surface area contributed by atoms with Gasteiger partial charge < -0.3 is 20.4 Å². The van der Waals surface area contributed by atoms with E-state index in [9.17, 15) is 20.4 Å². The van der Waals surface area contributed by atoms with Crippen molar-refractivity contribution in [2.75, 3.05) is 0 Å². The summed E-state index contributed by atoms with van der Waals surface area (Å²) in [5, 5.41) is 38.8. The number of rotatable bonds is 4. The summed E-state index contributed by atoms with van der Waals surface area (Å²) in [6.07, 6.45) is 5.29. The minimum atomic E-state index is -0.145. The molecule has 0 bridgehead atoms. The summed E-state index contributed by atoms with van der Waals surface area (Å²) in [5.74, 6) is 0.870. The molecule has 4 aromatic rings. The molecule has 0 amide bonds. The van der Waals surface area contributed by atoms with Crippen LogP contribution in [-0.2, 0) is 11.8 Å². The van der Waals surface area contributed by atoms with Gasteiger partial charge in [-0.3, -0.25) is 0 Å². The van der Waals surface area contributed by atoms with E-state index in [0.29, 0.717) is 23.8 Å². The van der Waals surface area contributed by atoms with Crippen molar-refractivity contribution in [3.63, 3.8) is 0 Å².